The van der Waals surface area contributed by atoms with E-state index in [0.29, 0.717) is 36.5 Å². The maximum Gasteiger partial charge on any atom is 0.277 e. The number of nitrogens with two attached hydrogens (primary N) is 1. The third-order valence-electron chi connectivity index (χ3n) is 2.59. The second kappa shape index (κ2) is 7.55. The van der Waals surface area contributed by atoms with E-state index in [-0.39, 0.29) is 18.8 Å². The van der Waals surface area contributed by atoms with Crippen LogP contribution in [0.2, 0.25) is 0 Å². The second-order valence-corrected chi connectivity index (χ2v) is 3.87. The maximum atomic E-state index is 10.9. The predicted octanol–water partition coefficient (Wildman–Crippen LogP) is 1.21. The molecule has 0 aliphatic carbocycles. The van der Waals surface area contributed by atoms with Gasteiger partial charge in [0.15, 0.2) is 11.5 Å². The molecule has 0 spiro atoms. The number of nitro groups is 1. The van der Waals surface area contributed by atoms with E-state index in [0.717, 1.165) is 0 Å². The number of aliphatic hydroxyl groups excluding tert-OH is 1. The van der Waals surface area contributed by atoms with Crippen LogP contribution >= 0.6 is 0 Å². The highest BCUT2D eigenvalue weighted by Crippen LogP contribution is 2.34. The van der Waals surface area contributed by atoms with Crippen LogP contribution in [-0.4, -0.2) is 30.4 Å². The number of methoxy groups -OCH3 is 1. The zero-order chi connectivity index (χ0) is 14.3. The van der Waals surface area contributed by atoms with Crippen molar-refractivity contribution >= 4 is 5.69 Å². The summed E-state index contributed by atoms with van der Waals surface area (Å²) in [5.74, 6) is 0.722. The summed E-state index contributed by atoms with van der Waals surface area (Å²) in [5, 5.41) is 19.6. The Kier molecular flexibility index (Phi) is 6.04. The molecule has 1 rings (SSSR count). The molecule has 0 unspecified atom stereocenters. The van der Waals surface area contributed by atoms with E-state index >= 15 is 0 Å². The van der Waals surface area contributed by atoms with Crippen molar-refractivity contribution in [2.45, 2.75) is 19.4 Å². The monoisotopic (exact) mass is 270 g/mol. The topological polar surface area (TPSA) is 108 Å². The SMILES string of the molecule is COc1cc(CN)c([N+](=O)[O-])cc1OCCCCO. The Labute approximate surface area is 111 Å². The summed E-state index contributed by atoms with van der Waals surface area (Å²) in [6.45, 7) is 0.500. The molecule has 1 aromatic rings. The maximum absolute atomic E-state index is 10.9. The lowest BCUT2D eigenvalue weighted by Crippen LogP contribution is -2.05. The van der Waals surface area contributed by atoms with E-state index in [1.54, 1.807) is 0 Å². The largest absolute Gasteiger partial charge is 0.493 e. The summed E-state index contributed by atoms with van der Waals surface area (Å²) in [7, 11) is 1.46. The first-order valence-electron chi connectivity index (χ1n) is 5.93. The van der Waals surface area contributed by atoms with Gasteiger partial charge in [-0.25, -0.2) is 0 Å². The fraction of sp³-hybridized carbons (Fsp3) is 0.500. The number of rotatable bonds is 8. The summed E-state index contributed by atoms with van der Waals surface area (Å²) in [4.78, 5) is 10.4. The van der Waals surface area contributed by atoms with Crippen LogP contribution < -0.4 is 15.2 Å². The first kappa shape index (κ1) is 15.2. The molecule has 0 bridgehead atoms. The third kappa shape index (κ3) is 4.08. The minimum absolute atomic E-state index is 0.0530. The second-order valence-electron chi connectivity index (χ2n) is 3.87. The minimum Gasteiger partial charge on any atom is -0.493 e. The van der Waals surface area contributed by atoms with Crippen LogP contribution in [0.4, 0.5) is 5.69 Å². The lowest BCUT2D eigenvalue weighted by Gasteiger charge is -2.12. The molecule has 0 fully saturated rings. The van der Waals surface area contributed by atoms with Crippen LogP contribution in [0, 0.1) is 10.1 Å². The van der Waals surface area contributed by atoms with E-state index < -0.39 is 4.92 Å². The number of nitrogens with zero attached hydrogens (tertiary/aromatic N) is 1. The molecule has 1 aromatic carbocycles. The highest BCUT2D eigenvalue weighted by Gasteiger charge is 2.18. The van der Waals surface area contributed by atoms with Gasteiger partial charge in [0.1, 0.15) is 0 Å². The van der Waals surface area contributed by atoms with E-state index in [1.807, 2.05) is 0 Å². The average molecular weight is 270 g/mol. The van der Waals surface area contributed by atoms with Crippen molar-refractivity contribution < 1.29 is 19.5 Å². The Hall–Kier alpha value is -1.86. The highest BCUT2D eigenvalue weighted by atomic mass is 16.6. The summed E-state index contributed by atoms with van der Waals surface area (Å²) < 4.78 is 10.6. The Balaban J connectivity index is 2.94. The van der Waals surface area contributed by atoms with Crippen molar-refractivity contribution in [3.8, 4) is 11.5 Å². The van der Waals surface area contributed by atoms with Crippen molar-refractivity contribution in [2.24, 2.45) is 5.73 Å². The van der Waals surface area contributed by atoms with Crippen LogP contribution in [0.3, 0.4) is 0 Å². The first-order valence-corrected chi connectivity index (χ1v) is 5.93. The molecule has 7 nitrogen and oxygen atoms in total. The number of unbranched alkanes of at least 4 members (excludes halogenated alkanes) is 1. The van der Waals surface area contributed by atoms with Crippen molar-refractivity contribution in [1.82, 2.24) is 0 Å². The van der Waals surface area contributed by atoms with Crippen molar-refractivity contribution in [2.75, 3.05) is 20.3 Å². The third-order valence-corrected chi connectivity index (χ3v) is 2.59. The molecule has 106 valence electrons. The lowest BCUT2D eigenvalue weighted by molar-refractivity contribution is -0.385. The number of nitro benzene ring substituents is 1. The smallest absolute Gasteiger partial charge is 0.277 e. The summed E-state index contributed by atoms with van der Waals surface area (Å²) in [6.07, 6.45) is 1.28. The Morgan fingerprint density at radius 3 is 2.63 bits per heavy atom. The van der Waals surface area contributed by atoms with E-state index in [2.05, 4.69) is 0 Å². The van der Waals surface area contributed by atoms with Gasteiger partial charge in [0.25, 0.3) is 5.69 Å². The molecule has 0 heterocycles. The van der Waals surface area contributed by atoms with Crippen molar-refractivity contribution in [1.29, 1.82) is 0 Å². The van der Waals surface area contributed by atoms with Gasteiger partial charge in [0, 0.05) is 18.7 Å². The minimum atomic E-state index is -0.498. The van der Waals surface area contributed by atoms with E-state index in [4.69, 9.17) is 20.3 Å². The van der Waals surface area contributed by atoms with Gasteiger partial charge in [0.2, 0.25) is 0 Å². The quantitative estimate of drug-likeness (QED) is 0.417. The summed E-state index contributed by atoms with van der Waals surface area (Å²) in [6, 6.07) is 2.83. The van der Waals surface area contributed by atoms with Gasteiger partial charge in [-0.1, -0.05) is 0 Å². The van der Waals surface area contributed by atoms with Crippen LogP contribution in [0.5, 0.6) is 11.5 Å². The zero-order valence-electron chi connectivity index (χ0n) is 10.8. The van der Waals surface area contributed by atoms with Gasteiger partial charge in [-0.2, -0.15) is 0 Å². The van der Waals surface area contributed by atoms with Gasteiger partial charge in [-0.15, -0.1) is 0 Å². The van der Waals surface area contributed by atoms with Gasteiger partial charge >= 0.3 is 0 Å². The molecule has 0 atom stereocenters. The van der Waals surface area contributed by atoms with Crippen molar-refractivity contribution in [3.05, 3.63) is 27.8 Å². The molecule has 0 radical (unpaired) electrons. The van der Waals surface area contributed by atoms with Gasteiger partial charge < -0.3 is 20.3 Å². The summed E-state index contributed by atoms with van der Waals surface area (Å²) in [5.41, 5.74) is 5.78. The molecule has 0 aliphatic rings. The van der Waals surface area contributed by atoms with Crippen LogP contribution in [-0.2, 0) is 6.54 Å². The number of ether oxygens (including phenoxy) is 2. The van der Waals surface area contributed by atoms with Gasteiger partial charge in [-0.3, -0.25) is 10.1 Å². The molecule has 0 aliphatic heterocycles. The number of aliphatic hydroxyl groups is 1. The molecule has 0 amide bonds. The summed E-state index contributed by atoms with van der Waals surface area (Å²) >= 11 is 0. The highest BCUT2D eigenvalue weighted by molar-refractivity contribution is 5.54. The molecule has 0 saturated carbocycles. The molecular formula is C12H18N2O5. The predicted molar refractivity (Wildman–Crippen MR) is 69.4 cm³/mol. The Morgan fingerprint density at radius 2 is 2.11 bits per heavy atom. The number of benzene rings is 1. The molecule has 3 N–H and O–H groups in total. The lowest BCUT2D eigenvalue weighted by atomic mass is 10.1. The molecule has 7 heteroatoms. The van der Waals surface area contributed by atoms with Crippen LogP contribution in [0.1, 0.15) is 18.4 Å². The molecule has 0 saturated heterocycles. The van der Waals surface area contributed by atoms with Crippen LogP contribution in [0.25, 0.3) is 0 Å². The van der Waals surface area contributed by atoms with E-state index in [1.165, 1.54) is 19.2 Å². The first-order chi connectivity index (χ1) is 9.13. The fourth-order valence-electron chi connectivity index (χ4n) is 1.59. The molecule has 0 aromatic heterocycles. The standard InChI is InChI=1S/C12H18N2O5/c1-18-11-6-9(8-13)10(14(16)17)7-12(11)19-5-3-2-4-15/h6-7,15H,2-5,8,13H2,1H3. The van der Waals surface area contributed by atoms with Crippen LogP contribution in [0.15, 0.2) is 12.1 Å². The fourth-order valence-corrected chi connectivity index (χ4v) is 1.59. The van der Waals surface area contributed by atoms with Gasteiger partial charge in [-0.05, 0) is 18.9 Å². The average Bonchev–Trinajstić information content (AvgIpc) is 2.42. The number of hydrogen-bond acceptors (Lipinski definition) is 6. The van der Waals surface area contributed by atoms with Crippen molar-refractivity contribution in [3.63, 3.8) is 0 Å². The molecular weight excluding hydrogens is 252 g/mol. The molecule has 19 heavy (non-hydrogen) atoms. The normalized spacial score (nSPS) is 10.3. The number of hydrogen-bond donors (Lipinski definition) is 2. The Morgan fingerprint density at radius 1 is 1.37 bits per heavy atom. The zero-order valence-corrected chi connectivity index (χ0v) is 10.8. The van der Waals surface area contributed by atoms with E-state index in [9.17, 15) is 10.1 Å². The van der Waals surface area contributed by atoms with Gasteiger partial charge in [0.05, 0.1) is 24.7 Å². The Bertz CT molecular complexity index is 436.